The number of urea groups is 1. The third-order valence-corrected chi connectivity index (χ3v) is 3.63. The molecule has 0 bridgehead atoms. The van der Waals surface area contributed by atoms with E-state index < -0.39 is 11.6 Å². The minimum atomic E-state index is -0.784. The summed E-state index contributed by atoms with van der Waals surface area (Å²) < 4.78 is 0. The lowest BCUT2D eigenvalue weighted by Crippen LogP contribution is -2.56. The Labute approximate surface area is 114 Å². The summed E-state index contributed by atoms with van der Waals surface area (Å²) in [6, 6.07) is -0.516. The van der Waals surface area contributed by atoms with Crippen molar-refractivity contribution in [1.29, 1.82) is 0 Å². The molecule has 0 aromatic carbocycles. The molecule has 0 radical (unpaired) electrons. The average molecular weight is 270 g/mol. The molecule has 110 valence electrons. The second-order valence-corrected chi connectivity index (χ2v) is 5.67. The topological polar surface area (TPSA) is 101 Å². The Bertz CT molecular complexity index is 331. The Hall–Kier alpha value is -1.30. The molecule has 3 amide bonds. The first-order valence-corrected chi connectivity index (χ1v) is 6.98. The molecule has 0 aromatic heterocycles. The van der Waals surface area contributed by atoms with E-state index in [1.54, 1.807) is 6.92 Å². The first kappa shape index (κ1) is 15.8. The van der Waals surface area contributed by atoms with Gasteiger partial charge in [0.05, 0.1) is 5.54 Å². The number of nitrogens with one attached hydrogen (secondary N) is 1. The first-order valence-electron chi connectivity index (χ1n) is 6.98. The van der Waals surface area contributed by atoms with Crippen LogP contribution in [0.15, 0.2) is 0 Å². The highest BCUT2D eigenvalue weighted by molar-refractivity contribution is 5.85. The van der Waals surface area contributed by atoms with Crippen molar-refractivity contribution in [2.45, 2.75) is 45.1 Å². The van der Waals surface area contributed by atoms with E-state index >= 15 is 0 Å². The van der Waals surface area contributed by atoms with E-state index in [-0.39, 0.29) is 11.8 Å². The van der Waals surface area contributed by atoms with Gasteiger partial charge in [-0.05, 0) is 32.1 Å². The normalized spacial score (nSPS) is 22.7. The van der Waals surface area contributed by atoms with Gasteiger partial charge in [0.1, 0.15) is 0 Å². The highest BCUT2D eigenvalue weighted by atomic mass is 16.2. The van der Waals surface area contributed by atoms with Gasteiger partial charge in [-0.1, -0.05) is 13.3 Å². The van der Waals surface area contributed by atoms with E-state index in [0.29, 0.717) is 19.5 Å². The van der Waals surface area contributed by atoms with Gasteiger partial charge in [-0.3, -0.25) is 4.79 Å². The van der Waals surface area contributed by atoms with Crippen molar-refractivity contribution in [2.75, 3.05) is 19.6 Å². The van der Waals surface area contributed by atoms with Gasteiger partial charge in [0.25, 0.3) is 0 Å². The highest BCUT2D eigenvalue weighted by Crippen LogP contribution is 2.20. The van der Waals surface area contributed by atoms with Gasteiger partial charge >= 0.3 is 6.03 Å². The summed E-state index contributed by atoms with van der Waals surface area (Å²) in [6.45, 7) is 5.74. The second kappa shape index (κ2) is 6.75. The molecule has 19 heavy (non-hydrogen) atoms. The van der Waals surface area contributed by atoms with Crippen molar-refractivity contribution in [3.63, 3.8) is 0 Å². The summed E-state index contributed by atoms with van der Waals surface area (Å²) in [4.78, 5) is 24.9. The van der Waals surface area contributed by atoms with Crippen molar-refractivity contribution < 1.29 is 9.59 Å². The average Bonchev–Trinajstić information content (AvgIpc) is 2.35. The Morgan fingerprint density at radius 2 is 2.16 bits per heavy atom. The number of carbonyl (C=O) groups is 2. The monoisotopic (exact) mass is 270 g/mol. The fourth-order valence-electron chi connectivity index (χ4n) is 2.65. The van der Waals surface area contributed by atoms with Crippen LogP contribution < -0.4 is 16.8 Å². The molecule has 0 aromatic rings. The fraction of sp³-hybridized carbons (Fsp3) is 0.846. The minimum Gasteiger partial charge on any atom is -0.352 e. The first-order chi connectivity index (χ1) is 8.86. The van der Waals surface area contributed by atoms with Crippen LogP contribution in [0.4, 0.5) is 4.79 Å². The lowest BCUT2D eigenvalue weighted by Gasteiger charge is -2.37. The molecular weight excluding hydrogens is 244 g/mol. The van der Waals surface area contributed by atoms with Crippen LogP contribution in [0.1, 0.15) is 39.5 Å². The van der Waals surface area contributed by atoms with Crippen LogP contribution in [-0.2, 0) is 4.79 Å². The molecule has 0 aliphatic carbocycles. The molecule has 1 aliphatic rings. The highest BCUT2D eigenvalue weighted by Gasteiger charge is 2.34. The van der Waals surface area contributed by atoms with Crippen molar-refractivity contribution >= 4 is 11.9 Å². The van der Waals surface area contributed by atoms with Crippen LogP contribution in [0, 0.1) is 5.92 Å². The maximum atomic E-state index is 12.4. The van der Waals surface area contributed by atoms with Crippen LogP contribution in [0.3, 0.4) is 0 Å². The molecule has 6 heteroatoms. The third kappa shape index (κ3) is 4.70. The lowest BCUT2D eigenvalue weighted by molar-refractivity contribution is -0.138. The van der Waals surface area contributed by atoms with Gasteiger partial charge < -0.3 is 21.7 Å². The number of nitrogens with two attached hydrogens (primary N) is 2. The SMILES string of the molecule is CCCC(C)(N)C(=O)N1CCCC(CNC(N)=O)C1. The van der Waals surface area contributed by atoms with Crippen LogP contribution >= 0.6 is 0 Å². The molecular formula is C13H26N4O2. The molecule has 2 atom stereocenters. The van der Waals surface area contributed by atoms with Gasteiger partial charge in [0, 0.05) is 19.6 Å². The number of carbonyl (C=O) groups excluding carboxylic acids is 2. The van der Waals surface area contributed by atoms with Gasteiger partial charge in [-0.15, -0.1) is 0 Å². The fourth-order valence-corrected chi connectivity index (χ4v) is 2.65. The predicted molar refractivity (Wildman–Crippen MR) is 74.4 cm³/mol. The molecule has 1 saturated heterocycles. The van der Waals surface area contributed by atoms with Crippen LogP contribution in [0.5, 0.6) is 0 Å². The molecule has 2 unspecified atom stereocenters. The van der Waals surface area contributed by atoms with Crippen molar-refractivity contribution in [2.24, 2.45) is 17.4 Å². The zero-order valence-corrected chi connectivity index (χ0v) is 11.9. The predicted octanol–water partition coefficient (Wildman–Crippen LogP) is 0.411. The van der Waals surface area contributed by atoms with Crippen LogP contribution in [0.2, 0.25) is 0 Å². The van der Waals surface area contributed by atoms with Gasteiger partial charge in [-0.25, -0.2) is 4.79 Å². The maximum Gasteiger partial charge on any atom is 0.312 e. The van der Waals surface area contributed by atoms with Crippen molar-refractivity contribution in [3.05, 3.63) is 0 Å². The van der Waals surface area contributed by atoms with Crippen molar-refractivity contribution in [3.8, 4) is 0 Å². The molecule has 1 fully saturated rings. The summed E-state index contributed by atoms with van der Waals surface area (Å²) in [7, 11) is 0. The number of rotatable bonds is 5. The van der Waals surface area contributed by atoms with Gasteiger partial charge in [0.2, 0.25) is 5.91 Å². The molecule has 5 N–H and O–H groups in total. The summed E-state index contributed by atoms with van der Waals surface area (Å²) in [5, 5.41) is 2.61. The van der Waals surface area contributed by atoms with E-state index in [1.807, 2.05) is 11.8 Å². The number of nitrogens with zero attached hydrogens (tertiary/aromatic N) is 1. The number of hydrogen-bond donors (Lipinski definition) is 3. The molecule has 0 spiro atoms. The summed E-state index contributed by atoms with van der Waals surface area (Å²) >= 11 is 0. The molecule has 1 aliphatic heterocycles. The smallest absolute Gasteiger partial charge is 0.312 e. The zero-order chi connectivity index (χ0) is 14.5. The van der Waals surface area contributed by atoms with Gasteiger partial charge in [0.15, 0.2) is 0 Å². The quantitative estimate of drug-likeness (QED) is 0.674. The summed E-state index contributed by atoms with van der Waals surface area (Å²) in [6.07, 6.45) is 3.52. The Morgan fingerprint density at radius 1 is 1.47 bits per heavy atom. The lowest BCUT2D eigenvalue weighted by atomic mass is 9.92. The van der Waals surface area contributed by atoms with Crippen molar-refractivity contribution in [1.82, 2.24) is 10.2 Å². The number of amides is 3. The largest absolute Gasteiger partial charge is 0.352 e. The van der Waals surface area contributed by atoms with E-state index in [1.165, 1.54) is 0 Å². The van der Waals surface area contributed by atoms with Gasteiger partial charge in [-0.2, -0.15) is 0 Å². The van der Waals surface area contributed by atoms with Crippen LogP contribution in [0.25, 0.3) is 0 Å². The van der Waals surface area contributed by atoms with E-state index in [4.69, 9.17) is 11.5 Å². The van der Waals surface area contributed by atoms with E-state index in [9.17, 15) is 9.59 Å². The minimum absolute atomic E-state index is 0.0122. The zero-order valence-electron chi connectivity index (χ0n) is 11.9. The molecule has 1 heterocycles. The Kier molecular flexibility index (Phi) is 5.60. The summed E-state index contributed by atoms with van der Waals surface area (Å²) in [5.74, 6) is 0.278. The third-order valence-electron chi connectivity index (χ3n) is 3.63. The number of hydrogen-bond acceptors (Lipinski definition) is 3. The maximum absolute atomic E-state index is 12.4. The molecule has 6 nitrogen and oxygen atoms in total. The Morgan fingerprint density at radius 3 is 2.74 bits per heavy atom. The Balaban J connectivity index is 2.54. The number of primary amides is 1. The van der Waals surface area contributed by atoms with Crippen LogP contribution in [-0.4, -0.2) is 42.0 Å². The standard InChI is InChI=1S/C13H26N4O2/c1-3-6-13(2,15)11(18)17-7-4-5-10(9-17)8-16-12(14)19/h10H,3-9,15H2,1-2H3,(H3,14,16,19). The molecule has 1 rings (SSSR count). The van der Waals surface area contributed by atoms with E-state index in [0.717, 1.165) is 25.8 Å². The summed E-state index contributed by atoms with van der Waals surface area (Å²) in [5.41, 5.74) is 10.4. The molecule has 0 saturated carbocycles. The number of piperidine rings is 1. The number of likely N-dealkylation sites (tertiary alicyclic amines) is 1. The second-order valence-electron chi connectivity index (χ2n) is 5.67. The van der Waals surface area contributed by atoms with E-state index in [2.05, 4.69) is 5.32 Å².